The number of aromatic nitrogens is 4. The Kier molecular flexibility index (Phi) is 26.2. The smallest absolute Gasteiger partial charge is 0.271 e. The van der Waals surface area contributed by atoms with Crippen LogP contribution < -0.4 is 48.3 Å². The molecule has 31 nitrogen and oxygen atoms in total. The van der Waals surface area contributed by atoms with Crippen LogP contribution in [0.1, 0.15) is 103 Å². The number of fused-ring (bicyclic) bond motifs is 3. The molecule has 1 fully saturated rings. The van der Waals surface area contributed by atoms with Gasteiger partial charge in [0.05, 0.1) is 22.3 Å². The maximum Gasteiger partial charge on any atom is 0.271 e. The van der Waals surface area contributed by atoms with Crippen LogP contribution in [-0.4, -0.2) is 293 Å². The van der Waals surface area contributed by atoms with Crippen molar-refractivity contribution < 1.29 is 59.2 Å². The third-order valence-electron chi connectivity index (χ3n) is 16.6. The van der Waals surface area contributed by atoms with Crippen LogP contribution in [-0.2, 0) is 0 Å². The lowest BCUT2D eigenvalue weighted by Crippen LogP contribution is -2.50. The second kappa shape index (κ2) is 34.4. The number of carbonyl (C=O) groups is 8. The fourth-order valence-corrected chi connectivity index (χ4v) is 12.2. The molecule has 0 saturated carbocycles. The van der Waals surface area contributed by atoms with E-state index in [9.17, 15) is 59.2 Å². The van der Waals surface area contributed by atoms with Gasteiger partial charge in [-0.05, 0) is 67.9 Å². The minimum absolute atomic E-state index is 0.0432. The van der Waals surface area contributed by atoms with E-state index in [0.29, 0.717) is 123 Å². The van der Waals surface area contributed by atoms with Gasteiger partial charge in [-0.15, -0.1) is 0 Å². The maximum atomic E-state index is 14.3. The van der Waals surface area contributed by atoms with Crippen LogP contribution in [0.25, 0.3) is 0 Å². The van der Waals surface area contributed by atoms with Crippen LogP contribution in [0.4, 0.5) is 0 Å². The zero-order valence-electron chi connectivity index (χ0n) is 51.4. The van der Waals surface area contributed by atoms with E-state index < -0.39 is 53.3 Å². The molecule has 8 amide bonds. The summed E-state index contributed by atoms with van der Waals surface area (Å²) in [7, 11) is 0. The first-order chi connectivity index (χ1) is 44.7. The minimum atomic E-state index is -0.732. The quantitative estimate of drug-likeness (QED) is 0.0666. The number of nitrogens with zero attached hydrogens (tertiary/aromatic N) is 10. The predicted octanol–water partition coefficient (Wildman–Crippen LogP) is -0.937. The summed E-state index contributed by atoms with van der Waals surface area (Å²) in [5.41, 5.74) is 4.71. The molecule has 11 aliphatic rings. The molecule has 0 aliphatic carbocycles. The zero-order chi connectivity index (χ0) is 66.7. The van der Waals surface area contributed by atoms with Gasteiger partial charge in [0, 0.05) is 170 Å². The number of nitrogens with two attached hydrogens (primary N) is 1. The fourth-order valence-electron chi connectivity index (χ4n) is 11.1. The molecule has 0 radical (unpaired) electrons. The molecule has 6 unspecified atom stereocenters. The number of unbranched alkanes of at least 4 members (excludes halogenated alkanes) is 1. The molecule has 14 N–H and O–H groups in total. The van der Waals surface area contributed by atoms with Crippen molar-refractivity contribution in [3.8, 4) is 0 Å². The summed E-state index contributed by atoms with van der Waals surface area (Å²) in [4.78, 5) is 124. The summed E-state index contributed by atoms with van der Waals surface area (Å²) < 4.78 is 0.706. The van der Waals surface area contributed by atoms with E-state index in [0.717, 1.165) is 0 Å². The van der Waals surface area contributed by atoms with E-state index in [1.165, 1.54) is 48.5 Å². The summed E-state index contributed by atoms with van der Waals surface area (Å²) in [6.45, 7) is 6.39. The first-order valence-electron chi connectivity index (χ1n) is 30.9. The summed E-state index contributed by atoms with van der Waals surface area (Å²) in [6, 6.07) is 9.97. The Labute approximate surface area is 556 Å². The Bertz CT molecular complexity index is 3560. The molecule has 15 heterocycles. The van der Waals surface area contributed by atoms with Gasteiger partial charge in [-0.3, -0.25) is 67.8 Å². The highest BCUT2D eigenvalue weighted by Crippen LogP contribution is 2.15. The molecule has 1 saturated heterocycles. The lowest BCUT2D eigenvalue weighted by molar-refractivity contribution is 0.0841. The molecule has 4 aromatic heterocycles. The van der Waals surface area contributed by atoms with Crippen molar-refractivity contribution in [3.63, 3.8) is 0 Å². The Hall–Kier alpha value is -7.84. The highest BCUT2D eigenvalue weighted by atomic mass is 32.1. The molecule has 504 valence electrons. The average molecular weight is 1360 g/mol. The van der Waals surface area contributed by atoms with Gasteiger partial charge in [-0.25, -0.2) is 0 Å². The number of rotatable bonds is 4. The van der Waals surface area contributed by atoms with Crippen LogP contribution in [0.2, 0.25) is 0 Å². The highest BCUT2D eigenvalue weighted by Gasteiger charge is 2.27. The first-order valence-corrected chi connectivity index (χ1v) is 32.5. The van der Waals surface area contributed by atoms with Crippen molar-refractivity contribution in [2.75, 3.05) is 170 Å². The largest absolute Gasteiger partial charge is 0.427 e. The lowest BCUT2D eigenvalue weighted by Gasteiger charge is -2.34. The van der Waals surface area contributed by atoms with Crippen LogP contribution in [0.3, 0.4) is 0 Å². The first kappa shape index (κ1) is 71.0. The monoisotopic (exact) mass is 1360 g/mol. The molecule has 11 aliphatic heterocycles. The van der Waals surface area contributed by atoms with Crippen LogP contribution in [0.15, 0.2) is 48.5 Å². The summed E-state index contributed by atoms with van der Waals surface area (Å²) in [6.07, 6.45) is 1.51. The molecule has 0 aromatic carbocycles. The second-order valence-corrected chi connectivity index (χ2v) is 24.3. The molecule has 15 rings (SSSR count). The summed E-state index contributed by atoms with van der Waals surface area (Å²) in [5, 5.41) is 68.6. The number of amides is 8. The summed E-state index contributed by atoms with van der Waals surface area (Å²) in [5.74, 6) is -5.28. The highest BCUT2D eigenvalue weighted by molar-refractivity contribution is 7.72. The minimum Gasteiger partial charge on any atom is -0.427 e. The van der Waals surface area contributed by atoms with Gasteiger partial charge in [0.1, 0.15) is 22.8 Å². The van der Waals surface area contributed by atoms with E-state index in [1.54, 1.807) is 0 Å². The van der Waals surface area contributed by atoms with Crippen LogP contribution in [0.5, 0.6) is 0 Å². The van der Waals surface area contributed by atoms with E-state index >= 15 is 0 Å². The molecule has 35 heteroatoms. The van der Waals surface area contributed by atoms with Crippen molar-refractivity contribution in [1.29, 1.82) is 0 Å². The third-order valence-corrected chi connectivity index (χ3v) is 18.2. The molecule has 93 heavy (non-hydrogen) atoms. The van der Waals surface area contributed by atoms with Gasteiger partial charge in [0.15, 0.2) is 18.6 Å². The van der Waals surface area contributed by atoms with Crippen molar-refractivity contribution in [3.05, 3.63) is 112 Å². The SMILES string of the molecule is NCCCC[C@H]1CN2CCNC(=O)c3ccc(c(=S)n3O)C(=O)NCCN3CCN4CCNC(=O)c5ccc(n(O)c5=S)C(=O)NCCN(CCNC(=O)c5ccc(c(=S)n5O)C(=O)NCCN(CC4)CCN(CCNC(=O)c4ccc(n(O)c4=S)C(=O)N1)CC3)CC2. The van der Waals surface area contributed by atoms with Crippen LogP contribution >= 0.6 is 48.9 Å². The molecule has 4 aromatic rings. The number of hydrogen-bond acceptors (Lipinski definition) is 23. The molecular weight excluding hydrogens is 1280 g/mol. The predicted molar refractivity (Wildman–Crippen MR) is 349 cm³/mol. The standard InChI is InChI=1S/C58H81N19O12S4/c59-12-2-1-3-38-37-73-26-19-66-53(84)45-10-6-41(57(92)76(45)88)49(80)62-15-24-71-30-28-69-22-13-60-47(78)39-4-8-43(74(86)55(39)90)51(82)64-17-20-68(35-36-73)21-18-65-52(83)44-9-5-40(56(91)75(44)87)48(79)61-14-23-70(29-27-69)31-33-72(34-32-71)25-16-63-50(81)42-7-11-46(54(85)67-38)77(89)58(42)93/h4-11,38,86-89H,1-3,12-37,59H2,(H,60,78)(H,61,79)(H,62,80)(H,63,81)(H,64,82)(H,65,83)(H,66,84)(H,67,85)/t38-/m0/s1. The van der Waals surface area contributed by atoms with Crippen molar-refractivity contribution in [2.24, 2.45) is 5.73 Å². The van der Waals surface area contributed by atoms with Gasteiger partial charge in [-0.1, -0.05) is 55.3 Å². The van der Waals surface area contributed by atoms with Gasteiger partial charge in [0.2, 0.25) is 0 Å². The summed E-state index contributed by atoms with van der Waals surface area (Å²) >= 11 is 22.3. The van der Waals surface area contributed by atoms with Gasteiger partial charge >= 0.3 is 0 Å². The molecule has 7 atom stereocenters. The third kappa shape index (κ3) is 19.2. The van der Waals surface area contributed by atoms with E-state index in [4.69, 9.17) is 54.6 Å². The maximum absolute atomic E-state index is 14.3. The Balaban J connectivity index is 1.25. The zero-order valence-corrected chi connectivity index (χ0v) is 54.7. The molecule has 14 bridgehead atoms. The average Bonchev–Trinajstić information content (AvgIpc) is 1.54. The van der Waals surface area contributed by atoms with Crippen molar-refractivity contribution in [1.82, 2.24) is 90.9 Å². The van der Waals surface area contributed by atoms with E-state index in [1.807, 2.05) is 9.80 Å². The van der Waals surface area contributed by atoms with Crippen molar-refractivity contribution >= 4 is 96.1 Å². The van der Waals surface area contributed by atoms with Gasteiger partial charge in [0.25, 0.3) is 47.3 Å². The van der Waals surface area contributed by atoms with E-state index in [-0.39, 0.29) is 149 Å². The topological polar surface area (TPSA) is 379 Å². The van der Waals surface area contributed by atoms with E-state index in [2.05, 4.69) is 62.1 Å². The lowest BCUT2D eigenvalue weighted by atomic mass is 10.1. The number of carbonyl (C=O) groups excluding carboxylic acids is 8. The Morgan fingerprint density at radius 3 is 0.849 bits per heavy atom. The number of pyridine rings is 4. The second-order valence-electron chi connectivity index (χ2n) is 22.8. The normalized spacial score (nSPS) is 23.7. The molecule has 0 spiro atoms. The van der Waals surface area contributed by atoms with Gasteiger partial charge in [-0.2, -0.15) is 18.9 Å². The van der Waals surface area contributed by atoms with Crippen molar-refractivity contribution in [2.45, 2.75) is 25.3 Å². The molecular formula is C58H81N19O12S4. The van der Waals surface area contributed by atoms with Gasteiger partial charge < -0.3 is 69.1 Å². The Morgan fingerprint density at radius 1 is 0.333 bits per heavy atom. The Morgan fingerprint density at radius 2 is 0.570 bits per heavy atom. The van der Waals surface area contributed by atoms with Crippen LogP contribution in [0, 0.1) is 18.6 Å². The number of hydrogen-bond donors (Lipinski definition) is 13. The fraction of sp³-hybridized carbons (Fsp3) is 0.517. The number of nitrogens with one attached hydrogen (secondary N) is 8.